The summed E-state index contributed by atoms with van der Waals surface area (Å²) in [6, 6.07) is 7.98. The lowest BCUT2D eigenvalue weighted by molar-refractivity contribution is 0.414. The summed E-state index contributed by atoms with van der Waals surface area (Å²) in [5.41, 5.74) is 1.17. The second kappa shape index (κ2) is 4.88. The van der Waals surface area contributed by atoms with Crippen LogP contribution in [-0.4, -0.2) is 13.4 Å². The molecule has 1 aromatic rings. The monoisotopic (exact) mass is 180 g/mol. The zero-order valence-corrected chi connectivity index (χ0v) is 8.10. The highest BCUT2D eigenvalue weighted by Crippen LogP contribution is 2.14. The Morgan fingerprint density at radius 1 is 1.42 bits per heavy atom. The molecule has 0 saturated heterocycles. The molecule has 0 N–H and O–H groups in total. The largest absolute Gasteiger partial charge is 0.497 e. The van der Waals surface area contributed by atoms with Gasteiger partial charge in [0.1, 0.15) is 5.75 Å². The van der Waals surface area contributed by atoms with Gasteiger partial charge in [0, 0.05) is 0 Å². The first-order chi connectivity index (χ1) is 5.86. The molecule has 1 nitrogen and oxygen atoms in total. The molecule has 2 heteroatoms. The number of methoxy groups -OCH3 is 1. The Bertz CT molecular complexity index is 268. The van der Waals surface area contributed by atoms with E-state index in [9.17, 15) is 0 Å². The van der Waals surface area contributed by atoms with Crippen LogP contribution in [-0.2, 0) is 0 Å². The second-order valence-corrected chi connectivity index (χ2v) is 3.06. The van der Waals surface area contributed by atoms with Crippen molar-refractivity contribution >= 4 is 17.8 Å². The highest BCUT2D eigenvalue weighted by molar-refractivity contribution is 8.01. The Kier molecular flexibility index (Phi) is 3.74. The van der Waals surface area contributed by atoms with E-state index < -0.39 is 0 Å². The third-order valence-electron chi connectivity index (χ3n) is 1.49. The van der Waals surface area contributed by atoms with Crippen LogP contribution in [0, 0.1) is 0 Å². The van der Waals surface area contributed by atoms with Gasteiger partial charge in [0.05, 0.1) is 7.11 Å². The fraction of sp³-hybridized carbons (Fsp3) is 0.200. The fourth-order valence-corrected chi connectivity index (χ4v) is 1.19. The van der Waals surface area contributed by atoms with E-state index in [1.54, 1.807) is 18.9 Å². The lowest BCUT2D eigenvalue weighted by Crippen LogP contribution is -1.81. The standard InChI is InChI=1S/C10H12OS/c1-11-10-5-3-4-9(8-10)6-7-12-2/h3-8H,1-2H3. The summed E-state index contributed by atoms with van der Waals surface area (Å²) in [6.45, 7) is 0. The molecule has 1 aromatic carbocycles. The first-order valence-electron chi connectivity index (χ1n) is 3.70. The smallest absolute Gasteiger partial charge is 0.119 e. The van der Waals surface area contributed by atoms with Gasteiger partial charge >= 0.3 is 0 Å². The second-order valence-electron chi connectivity index (χ2n) is 2.32. The van der Waals surface area contributed by atoms with Crippen LogP contribution in [0.3, 0.4) is 0 Å². The quantitative estimate of drug-likeness (QED) is 0.707. The van der Waals surface area contributed by atoms with Crippen LogP contribution >= 0.6 is 11.8 Å². The van der Waals surface area contributed by atoms with E-state index in [1.807, 2.05) is 24.5 Å². The Labute approximate surface area is 77.4 Å². The lowest BCUT2D eigenvalue weighted by atomic mass is 10.2. The fourth-order valence-electron chi connectivity index (χ4n) is 0.892. The summed E-state index contributed by atoms with van der Waals surface area (Å²) in [5.74, 6) is 0.901. The van der Waals surface area contributed by atoms with Gasteiger partial charge in [-0.2, -0.15) is 0 Å². The van der Waals surface area contributed by atoms with E-state index >= 15 is 0 Å². The predicted molar refractivity (Wildman–Crippen MR) is 55.5 cm³/mol. The number of thioether (sulfide) groups is 1. The zero-order valence-electron chi connectivity index (χ0n) is 7.28. The number of benzene rings is 1. The van der Waals surface area contributed by atoms with E-state index in [4.69, 9.17) is 4.74 Å². The summed E-state index contributed by atoms with van der Waals surface area (Å²) >= 11 is 1.69. The van der Waals surface area contributed by atoms with Crippen molar-refractivity contribution in [2.45, 2.75) is 0 Å². The molecular formula is C10H12OS. The van der Waals surface area contributed by atoms with Gasteiger partial charge in [0.2, 0.25) is 0 Å². The van der Waals surface area contributed by atoms with Crippen LogP contribution in [0.5, 0.6) is 5.75 Å². The summed E-state index contributed by atoms with van der Waals surface area (Å²) < 4.78 is 5.09. The summed E-state index contributed by atoms with van der Waals surface area (Å²) in [7, 11) is 1.68. The molecular weight excluding hydrogens is 168 g/mol. The maximum absolute atomic E-state index is 5.09. The van der Waals surface area contributed by atoms with Crippen molar-refractivity contribution in [2.75, 3.05) is 13.4 Å². The lowest BCUT2D eigenvalue weighted by Gasteiger charge is -1.99. The molecule has 0 amide bonds. The average molecular weight is 180 g/mol. The van der Waals surface area contributed by atoms with Gasteiger partial charge in [-0.25, -0.2) is 0 Å². The predicted octanol–water partition coefficient (Wildman–Crippen LogP) is 3.03. The van der Waals surface area contributed by atoms with Crippen LogP contribution in [0.25, 0.3) is 6.08 Å². The molecule has 0 spiro atoms. The molecule has 0 unspecified atom stereocenters. The molecule has 0 heterocycles. The molecule has 64 valence electrons. The molecule has 0 saturated carbocycles. The van der Waals surface area contributed by atoms with Crippen LogP contribution in [0.15, 0.2) is 29.7 Å². The molecule has 0 aliphatic carbocycles. The third kappa shape index (κ3) is 2.62. The molecule has 0 atom stereocenters. The van der Waals surface area contributed by atoms with E-state index in [2.05, 4.69) is 17.6 Å². The summed E-state index contributed by atoms with van der Waals surface area (Å²) in [4.78, 5) is 0. The summed E-state index contributed by atoms with van der Waals surface area (Å²) in [6.07, 6.45) is 4.10. The number of hydrogen-bond acceptors (Lipinski definition) is 2. The first-order valence-corrected chi connectivity index (χ1v) is 4.99. The third-order valence-corrected chi connectivity index (χ3v) is 1.90. The Morgan fingerprint density at radius 2 is 2.25 bits per heavy atom. The Hall–Kier alpha value is -0.890. The van der Waals surface area contributed by atoms with E-state index in [-0.39, 0.29) is 0 Å². The first kappa shape index (κ1) is 9.20. The molecule has 0 aliphatic heterocycles. The van der Waals surface area contributed by atoms with Crippen molar-refractivity contribution in [1.29, 1.82) is 0 Å². The van der Waals surface area contributed by atoms with Crippen molar-refractivity contribution in [3.8, 4) is 5.75 Å². The molecule has 0 radical (unpaired) electrons. The van der Waals surface area contributed by atoms with Gasteiger partial charge in [0.25, 0.3) is 0 Å². The van der Waals surface area contributed by atoms with Crippen LogP contribution in [0.1, 0.15) is 5.56 Å². The summed E-state index contributed by atoms with van der Waals surface area (Å²) in [5, 5.41) is 2.05. The molecule has 0 fully saturated rings. The van der Waals surface area contributed by atoms with Crippen LogP contribution in [0.4, 0.5) is 0 Å². The maximum atomic E-state index is 5.09. The van der Waals surface area contributed by atoms with Crippen molar-refractivity contribution in [3.63, 3.8) is 0 Å². The van der Waals surface area contributed by atoms with Gasteiger partial charge in [-0.1, -0.05) is 12.1 Å². The van der Waals surface area contributed by atoms with Gasteiger partial charge < -0.3 is 4.74 Å². The van der Waals surface area contributed by atoms with Crippen molar-refractivity contribution in [3.05, 3.63) is 35.2 Å². The topological polar surface area (TPSA) is 9.23 Å². The highest BCUT2D eigenvalue weighted by atomic mass is 32.2. The number of ether oxygens (including phenoxy) is 1. The van der Waals surface area contributed by atoms with Gasteiger partial charge in [0.15, 0.2) is 0 Å². The number of rotatable bonds is 3. The van der Waals surface area contributed by atoms with E-state index in [0.717, 1.165) is 5.75 Å². The SMILES string of the molecule is COc1cccc(C=CSC)c1. The minimum Gasteiger partial charge on any atom is -0.497 e. The van der Waals surface area contributed by atoms with Crippen LogP contribution < -0.4 is 4.74 Å². The molecule has 1 rings (SSSR count). The van der Waals surface area contributed by atoms with Crippen molar-refractivity contribution < 1.29 is 4.74 Å². The Morgan fingerprint density at radius 3 is 2.92 bits per heavy atom. The minimum atomic E-state index is 0.901. The molecule has 0 aromatic heterocycles. The molecule has 12 heavy (non-hydrogen) atoms. The van der Waals surface area contributed by atoms with Gasteiger partial charge in [-0.05, 0) is 35.4 Å². The van der Waals surface area contributed by atoms with Crippen molar-refractivity contribution in [1.82, 2.24) is 0 Å². The van der Waals surface area contributed by atoms with E-state index in [0.29, 0.717) is 0 Å². The van der Waals surface area contributed by atoms with Crippen LogP contribution in [0.2, 0.25) is 0 Å². The molecule has 0 bridgehead atoms. The zero-order chi connectivity index (χ0) is 8.81. The minimum absolute atomic E-state index is 0.901. The highest BCUT2D eigenvalue weighted by Gasteiger charge is 1.89. The van der Waals surface area contributed by atoms with Gasteiger partial charge in [-0.3, -0.25) is 0 Å². The maximum Gasteiger partial charge on any atom is 0.119 e. The average Bonchev–Trinajstić information content (AvgIpc) is 2.15. The van der Waals surface area contributed by atoms with Gasteiger partial charge in [-0.15, -0.1) is 11.8 Å². The normalized spacial score (nSPS) is 10.5. The Balaban J connectivity index is 2.79. The van der Waals surface area contributed by atoms with Crippen molar-refractivity contribution in [2.24, 2.45) is 0 Å². The molecule has 0 aliphatic rings. The number of hydrogen-bond donors (Lipinski definition) is 0. The van der Waals surface area contributed by atoms with E-state index in [1.165, 1.54) is 5.56 Å².